The minimum atomic E-state index is -4.56. The number of fused-ring (bicyclic) bond motifs is 1. The van der Waals surface area contributed by atoms with Crippen molar-refractivity contribution in [1.82, 2.24) is 19.6 Å². The summed E-state index contributed by atoms with van der Waals surface area (Å²) >= 11 is 6.25. The van der Waals surface area contributed by atoms with Gasteiger partial charge in [-0.3, -0.25) is 19.8 Å². The maximum absolute atomic E-state index is 14.0. The molecule has 3 aromatic carbocycles. The number of sulfonamides is 1. The van der Waals surface area contributed by atoms with E-state index in [9.17, 15) is 27.5 Å². The summed E-state index contributed by atoms with van der Waals surface area (Å²) in [6.45, 7) is 8.64. The second-order valence-corrected chi connectivity index (χ2v) is 24.4. The number of nitro groups is 1. The van der Waals surface area contributed by atoms with Crippen LogP contribution in [0.1, 0.15) is 99.5 Å². The van der Waals surface area contributed by atoms with Crippen LogP contribution in [0, 0.1) is 21.4 Å². The Bertz CT molecular complexity index is 2950. The van der Waals surface area contributed by atoms with Crippen molar-refractivity contribution in [2.45, 2.75) is 95.4 Å². The topological polar surface area (TPSA) is 180 Å². The number of aromatic amines is 1. The summed E-state index contributed by atoms with van der Waals surface area (Å²) < 4.78 is 53.9. The van der Waals surface area contributed by atoms with Crippen LogP contribution < -0.4 is 14.4 Å². The van der Waals surface area contributed by atoms with Gasteiger partial charge in [-0.25, -0.2) is 26.7 Å². The highest BCUT2D eigenvalue weighted by atomic mass is 35.5. The van der Waals surface area contributed by atoms with Crippen LogP contribution in [0.4, 0.5) is 11.4 Å². The van der Waals surface area contributed by atoms with Gasteiger partial charge in [-0.1, -0.05) is 49.2 Å². The molecular formula is C51H60ClN7O7S2. The van der Waals surface area contributed by atoms with Gasteiger partial charge in [0.2, 0.25) is 0 Å². The number of nitrogens with zero attached hydrogens (tertiary/aromatic N) is 5. The minimum Gasteiger partial charge on any atom is -0.455 e. The van der Waals surface area contributed by atoms with Crippen molar-refractivity contribution in [3.05, 3.63) is 123 Å². The molecule has 0 unspecified atom stereocenters. The van der Waals surface area contributed by atoms with Crippen molar-refractivity contribution in [3.63, 3.8) is 0 Å². The molecule has 4 aliphatic rings. The summed E-state index contributed by atoms with van der Waals surface area (Å²) in [6, 6.07) is 20.8. The molecule has 1 saturated carbocycles. The average Bonchev–Trinajstić information content (AvgIpc) is 3.98. The van der Waals surface area contributed by atoms with Gasteiger partial charge in [0.15, 0.2) is 0 Å². The van der Waals surface area contributed by atoms with E-state index in [2.05, 4.69) is 50.5 Å². The highest BCUT2D eigenvalue weighted by molar-refractivity contribution is 7.93. The van der Waals surface area contributed by atoms with Crippen molar-refractivity contribution < 1.29 is 27.1 Å². The van der Waals surface area contributed by atoms with Crippen molar-refractivity contribution in [3.8, 4) is 11.5 Å². The average molecular weight is 983 g/mol. The first-order chi connectivity index (χ1) is 32.6. The number of halogens is 1. The van der Waals surface area contributed by atoms with Gasteiger partial charge in [0.05, 0.1) is 27.6 Å². The molecule has 2 aliphatic heterocycles. The second-order valence-electron chi connectivity index (χ2n) is 19.8. The molecule has 0 bridgehead atoms. The molecule has 5 aromatic rings. The number of pyridine rings is 1. The molecule has 0 radical (unpaired) electrons. The van der Waals surface area contributed by atoms with Crippen LogP contribution in [0.15, 0.2) is 100 Å². The summed E-state index contributed by atoms with van der Waals surface area (Å²) in [5.74, 6) is 1.28. The van der Waals surface area contributed by atoms with Crippen molar-refractivity contribution in [1.29, 1.82) is 0 Å². The number of rotatable bonds is 14. The van der Waals surface area contributed by atoms with E-state index >= 15 is 0 Å². The molecule has 17 heteroatoms. The molecule has 1 amide bonds. The summed E-state index contributed by atoms with van der Waals surface area (Å²) in [5, 5.41) is 13.9. The molecule has 0 atom stereocenters. The number of anilines is 1. The van der Waals surface area contributed by atoms with Crippen molar-refractivity contribution >= 4 is 65.2 Å². The molecule has 14 nitrogen and oxygen atoms in total. The fraction of sp³-hybridized carbons (Fsp3) is 0.451. The molecule has 2 aliphatic carbocycles. The van der Waals surface area contributed by atoms with Gasteiger partial charge >= 0.3 is 0 Å². The van der Waals surface area contributed by atoms with Crippen molar-refractivity contribution in [2.24, 2.45) is 15.7 Å². The maximum Gasteiger partial charge on any atom is 0.273 e. The van der Waals surface area contributed by atoms with Crippen LogP contribution in [0.2, 0.25) is 5.02 Å². The number of hydrogen-bond acceptors (Lipinski definition) is 11. The molecular weight excluding hydrogens is 922 g/mol. The zero-order valence-electron chi connectivity index (χ0n) is 38.8. The Hall–Kier alpha value is -5.29. The molecule has 0 spiro atoms. The molecule has 4 heterocycles. The zero-order chi connectivity index (χ0) is 47.6. The Balaban J connectivity index is 0.889. The fourth-order valence-electron chi connectivity index (χ4n) is 10.3. The van der Waals surface area contributed by atoms with E-state index in [-0.39, 0.29) is 28.5 Å². The Kier molecular flexibility index (Phi) is 14.0. The van der Waals surface area contributed by atoms with E-state index < -0.39 is 35.5 Å². The molecule has 9 rings (SSSR count). The van der Waals surface area contributed by atoms with Crippen LogP contribution in [-0.2, 0) is 26.2 Å². The Labute approximate surface area is 404 Å². The Morgan fingerprint density at radius 3 is 2.49 bits per heavy atom. The number of amides is 1. The van der Waals surface area contributed by atoms with Gasteiger partial charge in [0, 0.05) is 93.9 Å². The number of allylic oxidation sites excluding steroid dienone is 1. The van der Waals surface area contributed by atoms with Crippen LogP contribution in [0.3, 0.4) is 0 Å². The number of aromatic nitrogens is 2. The fourth-order valence-corrected chi connectivity index (χ4v) is 13.9. The monoisotopic (exact) mass is 981 g/mol. The highest BCUT2D eigenvalue weighted by Gasteiger charge is 2.31. The lowest BCUT2D eigenvalue weighted by atomic mass is 9.72. The van der Waals surface area contributed by atoms with Gasteiger partial charge < -0.3 is 14.6 Å². The predicted molar refractivity (Wildman–Crippen MR) is 269 cm³/mol. The molecule has 360 valence electrons. The second kappa shape index (κ2) is 20.0. The number of H-pyrrole nitrogens is 1. The van der Waals surface area contributed by atoms with Crippen molar-refractivity contribution in [2.75, 3.05) is 49.1 Å². The number of aryl methyl sites for hydroxylation is 1. The first-order valence-corrected chi connectivity index (χ1v) is 27.6. The van der Waals surface area contributed by atoms with Gasteiger partial charge in [0.25, 0.3) is 21.6 Å². The molecule has 68 heavy (non-hydrogen) atoms. The van der Waals surface area contributed by atoms with E-state index in [1.807, 2.05) is 18.2 Å². The summed E-state index contributed by atoms with van der Waals surface area (Å²) in [5.41, 5.74) is 5.88. The molecule has 3 fully saturated rings. The van der Waals surface area contributed by atoms with E-state index in [0.29, 0.717) is 47.2 Å². The highest BCUT2D eigenvalue weighted by Crippen LogP contribution is 2.44. The number of nitro benzene ring substituents is 1. The Morgan fingerprint density at radius 1 is 1.00 bits per heavy atom. The third-order valence-corrected chi connectivity index (χ3v) is 18.4. The smallest absolute Gasteiger partial charge is 0.273 e. The third kappa shape index (κ3) is 11.2. The van der Waals surface area contributed by atoms with Crippen LogP contribution in [0.25, 0.3) is 16.6 Å². The molecule has 2 aromatic heterocycles. The molecule has 2 saturated heterocycles. The van der Waals surface area contributed by atoms with Crippen LogP contribution >= 0.6 is 11.6 Å². The van der Waals surface area contributed by atoms with Gasteiger partial charge in [0.1, 0.15) is 17.1 Å². The van der Waals surface area contributed by atoms with E-state index in [1.165, 1.54) is 35.0 Å². The Morgan fingerprint density at radius 2 is 1.75 bits per heavy atom. The lowest BCUT2D eigenvalue weighted by molar-refractivity contribution is -0.385. The third-order valence-electron chi connectivity index (χ3n) is 14.3. The minimum absolute atomic E-state index is 0.0317. The van der Waals surface area contributed by atoms with E-state index in [1.54, 1.807) is 30.5 Å². The van der Waals surface area contributed by atoms with Gasteiger partial charge in [-0.15, -0.1) is 0 Å². The first-order valence-electron chi connectivity index (χ1n) is 23.8. The maximum atomic E-state index is 14.0. The summed E-state index contributed by atoms with van der Waals surface area (Å²) in [7, 11) is -6.63. The largest absolute Gasteiger partial charge is 0.455 e. The number of benzene rings is 3. The summed E-state index contributed by atoms with van der Waals surface area (Å²) in [4.78, 5) is 37.6. The SMILES string of the molecule is CC1(C)CCC(CN2CCN(c3ccc(C(=O)NS(=O)(=O)c4ccc(CCC5CCC(N=S6(=O)CCCC6)CC5)c([N+](=O)[O-])c4)c(Oc4cnc5[nH]ccc5c4)c3)CC2)=C(c2ccc(Cl)cc2)C1. The number of nitrogens with one attached hydrogen (secondary N) is 2. The number of carbonyl (C=O) groups excluding carboxylic acids is 1. The number of hydrogen-bond donors (Lipinski definition) is 2. The van der Waals surface area contributed by atoms with Crippen LogP contribution in [0.5, 0.6) is 11.5 Å². The predicted octanol–water partition coefficient (Wildman–Crippen LogP) is 10.6. The quantitative estimate of drug-likeness (QED) is 0.0803. The number of piperazine rings is 1. The number of carbonyl (C=O) groups is 1. The van der Waals surface area contributed by atoms with Crippen LogP contribution in [-0.4, -0.2) is 88.6 Å². The summed E-state index contributed by atoms with van der Waals surface area (Å²) in [6.07, 6.45) is 13.1. The van der Waals surface area contributed by atoms with Gasteiger partial charge in [-0.05, 0) is 136 Å². The zero-order valence-corrected chi connectivity index (χ0v) is 41.1. The normalized spacial score (nSPS) is 20.9. The van der Waals surface area contributed by atoms with E-state index in [4.69, 9.17) is 20.7 Å². The lowest BCUT2D eigenvalue weighted by Crippen LogP contribution is -2.47. The lowest BCUT2D eigenvalue weighted by Gasteiger charge is -2.39. The van der Waals surface area contributed by atoms with E-state index in [0.717, 1.165) is 113 Å². The molecule has 2 N–H and O–H groups in total. The first kappa shape index (κ1) is 47.8. The standard InChI is InChI=1S/C51H60ClN7O7S2/c1-51(2)21-19-39(46(32-51)36-9-12-40(52)13-10-36)34-57-23-25-58(26-24-57)42-16-18-45(48(30-42)66-43-29-38-20-22-53-49(38)54-33-43)50(60)56-68(64,65)44-17-11-37(47(31-44)59(61)62)8-5-35-6-14-41(15-7-35)55-67(63)27-3-4-28-67/h9-13,16-18,20,22,29-31,33,35,41H,3-8,14-15,19,21,23-28,32,34H2,1-2H3,(H,53,54)(H,56,60). The number of ether oxygens (including phenoxy) is 1. The van der Waals surface area contributed by atoms with Gasteiger partial charge in [-0.2, -0.15) is 0 Å².